The number of carboxylic acids is 1. The molecule has 0 aliphatic heterocycles. The van der Waals surface area contributed by atoms with E-state index in [2.05, 4.69) is 4.98 Å². The second-order valence-corrected chi connectivity index (χ2v) is 5.89. The van der Waals surface area contributed by atoms with E-state index < -0.39 is 5.97 Å². The van der Waals surface area contributed by atoms with Gasteiger partial charge < -0.3 is 14.5 Å². The van der Waals surface area contributed by atoms with E-state index >= 15 is 0 Å². The number of aromatic amines is 1. The van der Waals surface area contributed by atoms with E-state index in [1.165, 1.54) is 6.07 Å². The van der Waals surface area contributed by atoms with Crippen LogP contribution in [0.2, 0.25) is 0 Å². The Morgan fingerprint density at radius 3 is 2.44 bits per heavy atom. The Morgan fingerprint density at radius 2 is 1.76 bits per heavy atom. The highest BCUT2D eigenvalue weighted by Gasteiger charge is 2.13. The van der Waals surface area contributed by atoms with Crippen LogP contribution in [0.4, 0.5) is 4.39 Å². The van der Waals surface area contributed by atoms with Gasteiger partial charge >= 0.3 is 5.97 Å². The van der Waals surface area contributed by atoms with Crippen LogP contribution >= 0.6 is 0 Å². The van der Waals surface area contributed by atoms with E-state index in [9.17, 15) is 9.18 Å². The molecule has 0 unspecified atom stereocenters. The van der Waals surface area contributed by atoms with Crippen LogP contribution < -0.4 is 0 Å². The van der Waals surface area contributed by atoms with E-state index in [1.807, 2.05) is 19.1 Å². The Balaban J connectivity index is 1.73. The fourth-order valence-corrected chi connectivity index (χ4v) is 2.86. The van der Waals surface area contributed by atoms with Gasteiger partial charge in [-0.2, -0.15) is 0 Å². The maximum atomic E-state index is 14.0. The van der Waals surface area contributed by atoms with Crippen molar-refractivity contribution >= 4 is 16.9 Å². The molecule has 2 N–H and O–H groups in total. The fourth-order valence-electron chi connectivity index (χ4n) is 2.86. The van der Waals surface area contributed by atoms with Gasteiger partial charge in [-0.15, -0.1) is 0 Å². The van der Waals surface area contributed by atoms with Crippen LogP contribution in [-0.4, -0.2) is 16.1 Å². The molecule has 4 rings (SSSR count). The smallest absolute Gasteiger partial charge is 0.335 e. The number of carboxylic acid groups (broad SMARTS) is 1. The average Bonchev–Trinajstić information content (AvgIpc) is 3.26. The topological polar surface area (TPSA) is 66.2 Å². The number of carbonyl (C=O) groups is 1. The van der Waals surface area contributed by atoms with E-state index in [1.54, 1.807) is 36.4 Å². The highest BCUT2D eigenvalue weighted by atomic mass is 19.1. The predicted molar refractivity (Wildman–Crippen MR) is 93.1 cm³/mol. The molecule has 5 heteroatoms. The Labute approximate surface area is 142 Å². The van der Waals surface area contributed by atoms with E-state index in [0.717, 1.165) is 22.5 Å². The minimum absolute atomic E-state index is 0.235. The molecule has 0 fully saturated rings. The van der Waals surface area contributed by atoms with Crippen molar-refractivity contribution in [1.82, 2.24) is 4.98 Å². The molecule has 0 aliphatic carbocycles. The van der Waals surface area contributed by atoms with E-state index in [-0.39, 0.29) is 11.4 Å². The van der Waals surface area contributed by atoms with Gasteiger partial charge in [0.15, 0.2) is 5.76 Å². The first-order valence-corrected chi connectivity index (χ1v) is 7.75. The Hall–Kier alpha value is -3.34. The largest absolute Gasteiger partial charge is 0.478 e. The zero-order valence-corrected chi connectivity index (χ0v) is 13.3. The number of aromatic nitrogens is 1. The molecule has 0 saturated heterocycles. The fraction of sp³-hybridized carbons (Fsp3) is 0.0500. The molecular formula is C20H14FNO3. The third-order valence-electron chi connectivity index (χ3n) is 4.22. The van der Waals surface area contributed by atoms with Crippen molar-refractivity contribution in [1.29, 1.82) is 0 Å². The number of furan rings is 1. The minimum atomic E-state index is -0.960. The van der Waals surface area contributed by atoms with Crippen LogP contribution in [0.25, 0.3) is 33.7 Å². The van der Waals surface area contributed by atoms with Gasteiger partial charge in [0, 0.05) is 5.69 Å². The van der Waals surface area contributed by atoms with Crippen molar-refractivity contribution in [3.05, 3.63) is 71.5 Å². The summed E-state index contributed by atoms with van der Waals surface area (Å²) < 4.78 is 19.8. The summed E-state index contributed by atoms with van der Waals surface area (Å²) in [5.41, 5.74) is 4.06. The van der Waals surface area contributed by atoms with E-state index in [4.69, 9.17) is 9.52 Å². The van der Waals surface area contributed by atoms with Gasteiger partial charge in [0.05, 0.1) is 16.6 Å². The van der Waals surface area contributed by atoms with Crippen LogP contribution in [0.5, 0.6) is 0 Å². The van der Waals surface area contributed by atoms with Gasteiger partial charge in [-0.3, -0.25) is 0 Å². The second kappa shape index (κ2) is 5.63. The lowest BCUT2D eigenvalue weighted by atomic mass is 10.1. The number of hydrogen-bond donors (Lipinski definition) is 2. The van der Waals surface area contributed by atoms with Crippen LogP contribution in [0, 0.1) is 12.7 Å². The predicted octanol–water partition coefficient (Wildman–Crippen LogP) is 5.24. The van der Waals surface area contributed by atoms with Crippen molar-refractivity contribution in [2.45, 2.75) is 6.92 Å². The molecule has 4 aromatic rings. The molecule has 0 aliphatic rings. The zero-order valence-electron chi connectivity index (χ0n) is 13.3. The molecule has 2 aromatic carbocycles. The number of rotatable bonds is 3. The first kappa shape index (κ1) is 15.2. The minimum Gasteiger partial charge on any atom is -0.478 e. The van der Waals surface area contributed by atoms with Crippen molar-refractivity contribution in [2.75, 3.05) is 0 Å². The summed E-state index contributed by atoms with van der Waals surface area (Å²) in [6.07, 6.45) is 0. The first-order valence-electron chi connectivity index (χ1n) is 7.75. The van der Waals surface area contributed by atoms with Crippen molar-refractivity contribution < 1.29 is 18.7 Å². The molecule has 2 aromatic heterocycles. The zero-order chi connectivity index (χ0) is 17.6. The number of hydrogen-bond acceptors (Lipinski definition) is 2. The molecule has 0 radical (unpaired) electrons. The maximum absolute atomic E-state index is 14.0. The van der Waals surface area contributed by atoms with Gasteiger partial charge in [0.1, 0.15) is 11.4 Å². The normalized spacial score (nSPS) is 11.1. The Kier molecular flexibility index (Phi) is 3.42. The maximum Gasteiger partial charge on any atom is 0.335 e. The summed E-state index contributed by atoms with van der Waals surface area (Å²) in [6.45, 7) is 1.87. The number of aryl methyl sites for hydroxylation is 1. The summed E-state index contributed by atoms with van der Waals surface area (Å²) in [4.78, 5) is 14.2. The summed E-state index contributed by atoms with van der Waals surface area (Å²) >= 11 is 0. The molecule has 124 valence electrons. The SMILES string of the molecule is Cc1ccc(F)c2cc(-c3ccc(-c4ccc(C(=O)O)cc4)[nH]3)oc12. The Bertz CT molecular complexity index is 1050. The van der Waals surface area contributed by atoms with Crippen molar-refractivity contribution in [2.24, 2.45) is 0 Å². The van der Waals surface area contributed by atoms with Crippen molar-refractivity contribution in [3.63, 3.8) is 0 Å². The summed E-state index contributed by atoms with van der Waals surface area (Å²) in [5, 5.41) is 9.42. The third kappa shape index (κ3) is 2.59. The van der Waals surface area contributed by atoms with E-state index in [0.29, 0.717) is 16.7 Å². The molecule has 4 nitrogen and oxygen atoms in total. The number of aromatic carboxylic acids is 1. The van der Waals surface area contributed by atoms with Crippen LogP contribution in [0.15, 0.2) is 59.0 Å². The molecule has 0 saturated carbocycles. The molecule has 0 bridgehead atoms. The quantitative estimate of drug-likeness (QED) is 0.538. The lowest BCUT2D eigenvalue weighted by molar-refractivity contribution is 0.0697. The second-order valence-electron chi connectivity index (χ2n) is 5.89. The highest BCUT2D eigenvalue weighted by molar-refractivity contribution is 5.88. The number of benzene rings is 2. The Morgan fingerprint density at radius 1 is 1.04 bits per heavy atom. The van der Waals surface area contributed by atoms with Crippen LogP contribution in [0.3, 0.4) is 0 Å². The standard InChI is InChI=1S/C20H14FNO3/c1-11-2-7-15(21)14-10-18(25-19(11)14)17-9-8-16(22-17)12-3-5-13(6-4-12)20(23)24/h2-10,22H,1H3,(H,23,24). The van der Waals surface area contributed by atoms with Crippen LogP contribution in [0.1, 0.15) is 15.9 Å². The van der Waals surface area contributed by atoms with Gasteiger partial charge in [-0.1, -0.05) is 18.2 Å². The van der Waals surface area contributed by atoms with Gasteiger partial charge in [-0.25, -0.2) is 9.18 Å². The van der Waals surface area contributed by atoms with Gasteiger partial charge in [0.2, 0.25) is 0 Å². The molecule has 0 spiro atoms. The molecule has 0 atom stereocenters. The molecule has 2 heterocycles. The highest BCUT2D eigenvalue weighted by Crippen LogP contribution is 2.32. The first-order chi connectivity index (χ1) is 12.0. The summed E-state index contributed by atoms with van der Waals surface area (Å²) in [6, 6.07) is 15.1. The summed E-state index contributed by atoms with van der Waals surface area (Å²) in [7, 11) is 0. The molecule has 25 heavy (non-hydrogen) atoms. The monoisotopic (exact) mass is 335 g/mol. The molecular weight excluding hydrogens is 321 g/mol. The third-order valence-corrected chi connectivity index (χ3v) is 4.22. The lowest BCUT2D eigenvalue weighted by Crippen LogP contribution is -1.94. The molecule has 0 amide bonds. The number of halogens is 1. The summed E-state index contributed by atoms with van der Waals surface area (Å²) in [5.74, 6) is -0.721. The van der Waals surface area contributed by atoms with Gasteiger partial charge in [0.25, 0.3) is 0 Å². The van der Waals surface area contributed by atoms with Crippen molar-refractivity contribution in [3.8, 4) is 22.7 Å². The average molecular weight is 335 g/mol. The van der Waals surface area contributed by atoms with Crippen LogP contribution in [-0.2, 0) is 0 Å². The lowest BCUT2D eigenvalue weighted by Gasteiger charge is -1.99. The number of fused-ring (bicyclic) bond motifs is 1. The number of H-pyrrole nitrogens is 1. The van der Waals surface area contributed by atoms with Gasteiger partial charge in [-0.05, 0) is 54.4 Å². The number of nitrogens with one attached hydrogen (secondary N) is 1.